The molecular weight excluding hydrogens is 262 g/mol. The van der Waals surface area contributed by atoms with Crippen molar-refractivity contribution in [2.45, 2.75) is 13.0 Å². The molecule has 1 aliphatic heterocycles. The topological polar surface area (TPSA) is 37.4 Å². The molecule has 1 fully saturated rings. The first-order chi connectivity index (χ1) is 10.1. The van der Waals surface area contributed by atoms with Crippen molar-refractivity contribution in [2.24, 2.45) is 0 Å². The fourth-order valence-electron chi connectivity index (χ4n) is 2.49. The van der Waals surface area contributed by atoms with Crippen molar-refractivity contribution in [1.29, 1.82) is 0 Å². The third kappa shape index (κ3) is 2.17. The van der Waals surface area contributed by atoms with Gasteiger partial charge in [-0.25, -0.2) is 0 Å². The molecule has 3 heteroatoms. The average molecular weight is 277 g/mol. The molecule has 2 aromatic rings. The fourth-order valence-corrected chi connectivity index (χ4v) is 2.49. The number of benzene rings is 2. The van der Waals surface area contributed by atoms with Gasteiger partial charge in [-0.2, -0.15) is 0 Å². The molecule has 3 rings (SSSR count). The summed E-state index contributed by atoms with van der Waals surface area (Å²) in [6.07, 6.45) is 0. The third-order valence-corrected chi connectivity index (χ3v) is 3.70. The van der Waals surface area contributed by atoms with E-state index in [-0.39, 0.29) is 11.7 Å². The summed E-state index contributed by atoms with van der Waals surface area (Å²) >= 11 is 0. The maximum atomic E-state index is 12.6. The molecule has 0 radical (unpaired) electrons. The number of carbonyl (C=O) groups excluding carboxylic acids is 2. The van der Waals surface area contributed by atoms with E-state index < -0.39 is 6.04 Å². The van der Waals surface area contributed by atoms with E-state index in [1.54, 1.807) is 12.1 Å². The van der Waals surface area contributed by atoms with Gasteiger partial charge >= 0.3 is 0 Å². The molecule has 1 aliphatic rings. The smallest absolute Gasteiger partial charge is 0.257 e. The lowest BCUT2D eigenvalue weighted by atomic mass is 9.88. The van der Waals surface area contributed by atoms with Crippen LogP contribution in [0.4, 0.5) is 5.69 Å². The van der Waals surface area contributed by atoms with Gasteiger partial charge in [0.2, 0.25) is 0 Å². The number of hydrogen-bond donors (Lipinski definition) is 0. The number of amides is 1. The van der Waals surface area contributed by atoms with E-state index in [9.17, 15) is 9.59 Å². The summed E-state index contributed by atoms with van der Waals surface area (Å²) in [5.41, 5.74) is 2.78. The van der Waals surface area contributed by atoms with Crippen LogP contribution in [0, 0.1) is 6.92 Å². The lowest BCUT2D eigenvalue weighted by molar-refractivity contribution is -0.118. The molecule has 1 saturated heterocycles. The van der Waals surface area contributed by atoms with Gasteiger partial charge < -0.3 is 0 Å². The van der Waals surface area contributed by atoms with Crippen molar-refractivity contribution in [3.8, 4) is 0 Å². The number of anilines is 1. The minimum Gasteiger partial charge on any atom is -0.293 e. The van der Waals surface area contributed by atoms with Gasteiger partial charge in [-0.05, 0) is 19.1 Å². The Labute approximate surface area is 123 Å². The molecule has 0 spiro atoms. The van der Waals surface area contributed by atoms with Crippen molar-refractivity contribution in [3.63, 3.8) is 0 Å². The van der Waals surface area contributed by atoms with Gasteiger partial charge in [0.15, 0.2) is 5.78 Å². The number of Topliss-reactive ketones (excluding diaryl/α,β-unsaturated/α-hetero) is 1. The van der Waals surface area contributed by atoms with Crippen LogP contribution in [-0.4, -0.2) is 17.7 Å². The van der Waals surface area contributed by atoms with E-state index in [1.807, 2.05) is 49.4 Å². The lowest BCUT2D eigenvalue weighted by Gasteiger charge is -2.41. The molecule has 104 valence electrons. The van der Waals surface area contributed by atoms with Gasteiger partial charge in [-0.15, -0.1) is 0 Å². The van der Waals surface area contributed by atoms with Crippen LogP contribution in [0.25, 0.3) is 0 Å². The number of β-lactam (4-membered cyclic amide) rings is 1. The van der Waals surface area contributed by atoms with Crippen molar-refractivity contribution in [2.75, 3.05) is 4.90 Å². The Balaban J connectivity index is 1.94. The highest BCUT2D eigenvalue weighted by molar-refractivity contribution is 6.25. The molecule has 0 N–H and O–H groups in total. The van der Waals surface area contributed by atoms with E-state index in [1.165, 1.54) is 4.90 Å². The second-order valence-electron chi connectivity index (χ2n) is 5.17. The zero-order valence-electron chi connectivity index (χ0n) is 11.7. The first kappa shape index (κ1) is 13.3. The van der Waals surface area contributed by atoms with Crippen molar-refractivity contribution < 1.29 is 9.59 Å². The van der Waals surface area contributed by atoms with E-state index in [0.29, 0.717) is 11.1 Å². The number of ketones is 1. The standard InChI is InChI=1S/C18H15NO2/c1-12-8-10-15(11-9-12)19-16(13(2)18(19)21)17(20)14-6-4-3-5-7-14/h3-11,16H,2H2,1H3. The van der Waals surface area contributed by atoms with E-state index in [0.717, 1.165) is 11.3 Å². The number of rotatable bonds is 3. The van der Waals surface area contributed by atoms with Crippen molar-refractivity contribution in [3.05, 3.63) is 77.9 Å². The molecule has 1 heterocycles. The van der Waals surface area contributed by atoms with Gasteiger partial charge in [0.25, 0.3) is 5.91 Å². The predicted octanol–water partition coefficient (Wildman–Crippen LogP) is 3.15. The summed E-state index contributed by atoms with van der Waals surface area (Å²) in [5, 5.41) is 0. The molecule has 0 bridgehead atoms. The lowest BCUT2D eigenvalue weighted by Crippen LogP contribution is -2.59. The summed E-state index contributed by atoms with van der Waals surface area (Å²) < 4.78 is 0. The van der Waals surface area contributed by atoms with Crippen LogP contribution in [0.5, 0.6) is 0 Å². The first-order valence-corrected chi connectivity index (χ1v) is 6.78. The molecule has 0 aliphatic carbocycles. The minimum absolute atomic E-state index is 0.0965. The highest BCUT2D eigenvalue weighted by atomic mass is 16.2. The Morgan fingerprint density at radius 3 is 2.29 bits per heavy atom. The Kier molecular flexibility index (Phi) is 3.18. The van der Waals surface area contributed by atoms with Crippen LogP contribution in [0.3, 0.4) is 0 Å². The Bertz CT molecular complexity index is 717. The molecule has 0 saturated carbocycles. The van der Waals surface area contributed by atoms with Crippen molar-refractivity contribution in [1.82, 2.24) is 0 Å². The Morgan fingerprint density at radius 1 is 1.05 bits per heavy atom. The molecule has 0 aromatic heterocycles. The summed E-state index contributed by atoms with van der Waals surface area (Å²) in [7, 11) is 0. The minimum atomic E-state index is -0.595. The van der Waals surface area contributed by atoms with Gasteiger partial charge in [-0.3, -0.25) is 14.5 Å². The van der Waals surface area contributed by atoms with E-state index >= 15 is 0 Å². The predicted molar refractivity (Wildman–Crippen MR) is 82.4 cm³/mol. The summed E-state index contributed by atoms with van der Waals surface area (Å²) in [6, 6.07) is 16.0. The monoisotopic (exact) mass is 277 g/mol. The Hall–Kier alpha value is -2.68. The summed E-state index contributed by atoms with van der Waals surface area (Å²) in [5.74, 6) is -0.283. The highest BCUT2D eigenvalue weighted by Crippen LogP contribution is 2.33. The molecule has 1 unspecified atom stereocenters. The molecule has 3 nitrogen and oxygen atoms in total. The van der Waals surface area contributed by atoms with Gasteiger partial charge in [0.1, 0.15) is 6.04 Å². The van der Waals surface area contributed by atoms with Crippen LogP contribution >= 0.6 is 0 Å². The largest absolute Gasteiger partial charge is 0.293 e. The highest BCUT2D eigenvalue weighted by Gasteiger charge is 2.46. The fraction of sp³-hybridized carbons (Fsp3) is 0.111. The third-order valence-electron chi connectivity index (χ3n) is 3.70. The van der Waals surface area contributed by atoms with Gasteiger partial charge in [0, 0.05) is 16.8 Å². The van der Waals surface area contributed by atoms with Crippen LogP contribution in [0.2, 0.25) is 0 Å². The number of nitrogens with zero attached hydrogens (tertiary/aromatic N) is 1. The Morgan fingerprint density at radius 2 is 1.67 bits per heavy atom. The average Bonchev–Trinajstić information content (AvgIpc) is 2.53. The summed E-state index contributed by atoms with van der Waals surface area (Å²) in [6.45, 7) is 5.73. The van der Waals surface area contributed by atoms with E-state index in [2.05, 4.69) is 6.58 Å². The van der Waals surface area contributed by atoms with E-state index in [4.69, 9.17) is 0 Å². The molecule has 1 atom stereocenters. The zero-order valence-corrected chi connectivity index (χ0v) is 11.7. The summed E-state index contributed by atoms with van der Waals surface area (Å²) in [4.78, 5) is 26.2. The molecule has 1 amide bonds. The quantitative estimate of drug-likeness (QED) is 0.491. The second-order valence-corrected chi connectivity index (χ2v) is 5.17. The second kappa shape index (κ2) is 5.02. The SMILES string of the molecule is C=C1C(=O)N(c2ccc(C)cc2)C1C(=O)c1ccccc1. The number of carbonyl (C=O) groups is 2. The number of hydrogen-bond acceptors (Lipinski definition) is 2. The van der Waals surface area contributed by atoms with Crippen LogP contribution in [0.1, 0.15) is 15.9 Å². The molecule has 2 aromatic carbocycles. The molecular formula is C18H15NO2. The first-order valence-electron chi connectivity index (χ1n) is 6.78. The van der Waals surface area contributed by atoms with Crippen LogP contribution in [-0.2, 0) is 4.79 Å². The molecule has 21 heavy (non-hydrogen) atoms. The van der Waals surface area contributed by atoms with Crippen molar-refractivity contribution >= 4 is 17.4 Å². The maximum absolute atomic E-state index is 12.6. The van der Waals surface area contributed by atoms with Gasteiger partial charge in [-0.1, -0.05) is 54.6 Å². The normalized spacial score (nSPS) is 17.6. The zero-order chi connectivity index (χ0) is 15.0. The van der Waals surface area contributed by atoms with Gasteiger partial charge in [0.05, 0.1) is 0 Å². The maximum Gasteiger partial charge on any atom is 0.257 e. The van der Waals surface area contributed by atoms with Crippen LogP contribution in [0.15, 0.2) is 66.7 Å². The number of aryl methyl sites for hydroxylation is 1. The van der Waals surface area contributed by atoms with Crippen LogP contribution < -0.4 is 4.90 Å².